The van der Waals surface area contributed by atoms with E-state index < -0.39 is 25.7 Å². The van der Waals surface area contributed by atoms with E-state index in [1.807, 2.05) is 0 Å². The van der Waals surface area contributed by atoms with Gasteiger partial charge in [-0.15, -0.1) is 0 Å². The summed E-state index contributed by atoms with van der Waals surface area (Å²) in [4.78, 5) is 9.60. The van der Waals surface area contributed by atoms with E-state index in [9.17, 15) is 22.7 Å². The van der Waals surface area contributed by atoms with E-state index >= 15 is 0 Å². The molecule has 20 heavy (non-hydrogen) atoms. The highest BCUT2D eigenvalue weighted by Crippen LogP contribution is 2.25. The van der Waals surface area contributed by atoms with Crippen LogP contribution in [0, 0.1) is 10.1 Å². The Labute approximate surface area is 124 Å². The van der Waals surface area contributed by atoms with Crippen molar-refractivity contribution in [1.29, 1.82) is 0 Å². The van der Waals surface area contributed by atoms with E-state index in [2.05, 4.69) is 4.72 Å². The normalized spacial score (nSPS) is 13.1. The third kappa shape index (κ3) is 4.82. The van der Waals surface area contributed by atoms with Crippen molar-refractivity contribution < 1.29 is 17.6 Å². The first-order valence-electron chi connectivity index (χ1n) is 5.47. The molecule has 0 aliphatic rings. The van der Waals surface area contributed by atoms with Crippen molar-refractivity contribution in [3.8, 4) is 0 Å². The van der Waals surface area contributed by atoms with Crippen molar-refractivity contribution in [3.63, 3.8) is 0 Å². The lowest BCUT2D eigenvalue weighted by Gasteiger charge is -2.07. The molecule has 1 aromatic carbocycles. The Hall–Kier alpha value is -1.03. The maximum absolute atomic E-state index is 12.0. The van der Waals surface area contributed by atoms with Crippen LogP contribution in [0.3, 0.4) is 0 Å². The van der Waals surface area contributed by atoms with Crippen molar-refractivity contribution in [2.24, 2.45) is 0 Å². The molecule has 1 aromatic rings. The summed E-state index contributed by atoms with van der Waals surface area (Å²) in [5.74, 6) is 0.366. The summed E-state index contributed by atoms with van der Waals surface area (Å²) in [7, 11) is -4.93. The summed E-state index contributed by atoms with van der Waals surface area (Å²) < 4.78 is 37.1. The number of hydrogen-bond donors (Lipinski definition) is 1. The van der Waals surface area contributed by atoms with Gasteiger partial charge in [0.1, 0.15) is 4.90 Å². The second kappa shape index (κ2) is 7.11. The molecule has 0 saturated carbocycles. The van der Waals surface area contributed by atoms with Gasteiger partial charge >= 0.3 is 0 Å². The van der Waals surface area contributed by atoms with Crippen LogP contribution in [0.5, 0.6) is 0 Å². The van der Waals surface area contributed by atoms with Crippen LogP contribution < -0.4 is 4.72 Å². The Kier molecular flexibility index (Phi) is 6.06. The van der Waals surface area contributed by atoms with E-state index in [4.69, 9.17) is 11.6 Å². The summed E-state index contributed by atoms with van der Waals surface area (Å²) in [6, 6.07) is 3.19. The molecule has 1 N–H and O–H groups in total. The largest absolute Gasteiger partial charge is 0.270 e. The molecule has 0 radical (unpaired) electrons. The topological polar surface area (TPSA) is 106 Å². The van der Waals surface area contributed by atoms with Gasteiger partial charge in [0.05, 0.1) is 9.95 Å². The van der Waals surface area contributed by atoms with Gasteiger partial charge in [0.2, 0.25) is 10.0 Å². The highest BCUT2D eigenvalue weighted by molar-refractivity contribution is 7.89. The number of halogens is 1. The van der Waals surface area contributed by atoms with E-state index in [1.54, 1.807) is 0 Å². The van der Waals surface area contributed by atoms with Gasteiger partial charge in [0, 0.05) is 41.5 Å². The molecule has 1 unspecified atom stereocenters. The maximum Gasteiger partial charge on any atom is 0.270 e. The van der Waals surface area contributed by atoms with Crippen LogP contribution in [0.15, 0.2) is 23.1 Å². The van der Waals surface area contributed by atoms with Gasteiger partial charge in [-0.2, -0.15) is 0 Å². The lowest BCUT2D eigenvalue weighted by molar-refractivity contribution is -0.385. The van der Waals surface area contributed by atoms with Crippen molar-refractivity contribution in [2.45, 2.75) is 11.3 Å². The van der Waals surface area contributed by atoms with E-state index in [-0.39, 0.29) is 22.2 Å². The standard InChI is InChI=1S/C10H13ClN2O5S2/c1-19(16)6-2-5-12-20(17,18)10-7-8(13(14)15)3-4-9(10)11/h3-4,7,12H,2,5-6H2,1H3. The van der Waals surface area contributed by atoms with Crippen molar-refractivity contribution in [1.82, 2.24) is 4.72 Å². The van der Waals surface area contributed by atoms with Crippen molar-refractivity contribution in [2.75, 3.05) is 18.6 Å². The van der Waals surface area contributed by atoms with Gasteiger partial charge in [-0.3, -0.25) is 14.3 Å². The predicted octanol–water partition coefficient (Wildman–Crippen LogP) is 1.30. The number of hydrogen-bond acceptors (Lipinski definition) is 5. The molecule has 0 heterocycles. The van der Waals surface area contributed by atoms with E-state index in [0.717, 1.165) is 18.2 Å². The van der Waals surface area contributed by atoms with Crippen LogP contribution in [-0.2, 0) is 20.8 Å². The Balaban J connectivity index is 2.89. The zero-order valence-corrected chi connectivity index (χ0v) is 12.9. The minimum atomic E-state index is -3.93. The van der Waals surface area contributed by atoms with Crippen LogP contribution in [0.25, 0.3) is 0 Å². The third-order valence-electron chi connectivity index (χ3n) is 2.32. The molecule has 0 saturated heterocycles. The van der Waals surface area contributed by atoms with Crippen LogP contribution in [0.2, 0.25) is 5.02 Å². The lowest BCUT2D eigenvalue weighted by atomic mass is 10.3. The van der Waals surface area contributed by atoms with Gasteiger partial charge in [0.25, 0.3) is 5.69 Å². The molecule has 0 spiro atoms. The first-order valence-corrected chi connectivity index (χ1v) is 9.06. The van der Waals surface area contributed by atoms with Gasteiger partial charge in [-0.1, -0.05) is 11.6 Å². The maximum atomic E-state index is 12.0. The van der Waals surface area contributed by atoms with E-state index in [0.29, 0.717) is 12.2 Å². The molecule has 112 valence electrons. The summed E-state index contributed by atoms with van der Waals surface area (Å²) in [6.45, 7) is 0.0843. The van der Waals surface area contributed by atoms with Crippen LogP contribution in [-0.4, -0.2) is 36.1 Å². The molecule has 0 aliphatic heterocycles. The minimum Gasteiger partial charge on any atom is -0.260 e. The third-order valence-corrected chi connectivity index (χ3v) is 5.12. The number of benzene rings is 1. The molecule has 0 aliphatic carbocycles. The number of nitrogens with one attached hydrogen (secondary N) is 1. The highest BCUT2D eigenvalue weighted by atomic mass is 35.5. The summed E-state index contributed by atoms with van der Waals surface area (Å²) in [5, 5.41) is 10.5. The van der Waals surface area contributed by atoms with Crippen molar-refractivity contribution in [3.05, 3.63) is 33.3 Å². The average molecular weight is 341 g/mol. The van der Waals surface area contributed by atoms with Gasteiger partial charge in [0.15, 0.2) is 0 Å². The number of nitrogens with zero attached hydrogens (tertiary/aromatic N) is 1. The molecule has 0 bridgehead atoms. The van der Waals surface area contributed by atoms with Crippen LogP contribution in [0.4, 0.5) is 5.69 Å². The molecule has 0 fully saturated rings. The van der Waals surface area contributed by atoms with E-state index in [1.165, 1.54) is 6.26 Å². The first-order chi connectivity index (χ1) is 9.24. The fourth-order valence-corrected chi connectivity index (χ4v) is 3.51. The summed E-state index contributed by atoms with van der Waals surface area (Å²) >= 11 is 5.76. The molecular formula is C10H13ClN2O5S2. The molecule has 0 aromatic heterocycles. The molecule has 1 rings (SSSR count). The number of nitro benzene ring substituents is 1. The summed E-state index contributed by atoms with van der Waals surface area (Å²) in [6.07, 6.45) is 1.92. The van der Waals surface area contributed by atoms with Crippen LogP contribution >= 0.6 is 11.6 Å². The molecule has 1 atom stereocenters. The van der Waals surface area contributed by atoms with Gasteiger partial charge < -0.3 is 0 Å². The number of sulfonamides is 1. The fourth-order valence-electron chi connectivity index (χ4n) is 1.37. The number of non-ortho nitro benzene ring substituents is 1. The zero-order chi connectivity index (χ0) is 15.3. The average Bonchev–Trinajstić information content (AvgIpc) is 2.34. The Morgan fingerprint density at radius 1 is 1.45 bits per heavy atom. The Bertz CT molecular complexity index is 633. The van der Waals surface area contributed by atoms with Crippen LogP contribution in [0.1, 0.15) is 6.42 Å². The van der Waals surface area contributed by atoms with Gasteiger partial charge in [-0.05, 0) is 12.5 Å². The minimum absolute atomic E-state index is 0.0843. The lowest BCUT2D eigenvalue weighted by Crippen LogP contribution is -2.26. The molecule has 0 amide bonds. The van der Waals surface area contributed by atoms with Gasteiger partial charge in [-0.25, -0.2) is 13.1 Å². The SMILES string of the molecule is CS(=O)CCCNS(=O)(=O)c1cc([N+](=O)[O-])ccc1Cl. The molecular weight excluding hydrogens is 328 g/mol. The zero-order valence-electron chi connectivity index (χ0n) is 10.5. The predicted molar refractivity (Wildman–Crippen MR) is 76.8 cm³/mol. The fraction of sp³-hybridized carbons (Fsp3) is 0.400. The Morgan fingerprint density at radius 2 is 2.10 bits per heavy atom. The quantitative estimate of drug-likeness (QED) is 0.457. The first kappa shape index (κ1) is 17.0. The number of rotatable bonds is 7. The highest BCUT2D eigenvalue weighted by Gasteiger charge is 2.21. The Morgan fingerprint density at radius 3 is 2.65 bits per heavy atom. The molecule has 7 nitrogen and oxygen atoms in total. The monoisotopic (exact) mass is 340 g/mol. The second-order valence-electron chi connectivity index (χ2n) is 3.90. The van der Waals surface area contributed by atoms with Crippen molar-refractivity contribution >= 4 is 38.1 Å². The summed E-state index contributed by atoms with van der Waals surface area (Å²) in [5.41, 5.74) is -0.357. The second-order valence-corrected chi connectivity index (χ2v) is 7.60. The smallest absolute Gasteiger partial charge is 0.260 e. The molecule has 10 heteroatoms. The number of nitro groups is 1.